The van der Waals surface area contributed by atoms with Gasteiger partial charge in [-0.25, -0.2) is 4.98 Å². The number of methoxy groups -OCH3 is 1. The van der Waals surface area contributed by atoms with Crippen molar-refractivity contribution >= 4 is 0 Å². The summed E-state index contributed by atoms with van der Waals surface area (Å²) in [5.74, 6) is 0.623. The van der Waals surface area contributed by atoms with Gasteiger partial charge in [0.15, 0.2) is 0 Å². The molecule has 2 atom stereocenters. The van der Waals surface area contributed by atoms with Crippen LogP contribution in [0.15, 0.2) is 12.3 Å². The Morgan fingerprint density at radius 1 is 1.39 bits per heavy atom. The van der Waals surface area contributed by atoms with Crippen LogP contribution in [0.3, 0.4) is 0 Å². The van der Waals surface area contributed by atoms with Gasteiger partial charge >= 0.3 is 0 Å². The van der Waals surface area contributed by atoms with E-state index in [-0.39, 0.29) is 12.2 Å². The third kappa shape index (κ3) is 1.89. The van der Waals surface area contributed by atoms with E-state index in [1.165, 1.54) is 0 Å². The highest BCUT2D eigenvalue weighted by Crippen LogP contribution is 2.44. The van der Waals surface area contributed by atoms with Crippen molar-refractivity contribution in [1.29, 1.82) is 0 Å². The van der Waals surface area contributed by atoms with Gasteiger partial charge in [0.05, 0.1) is 24.9 Å². The number of rotatable bonds is 2. The summed E-state index contributed by atoms with van der Waals surface area (Å²) in [6.45, 7) is 1.95. The molecule has 98 valence electrons. The molecule has 3 heterocycles. The normalized spacial score (nSPS) is 34.6. The van der Waals surface area contributed by atoms with Gasteiger partial charge in [-0.3, -0.25) is 0 Å². The molecule has 1 N–H and O–H groups in total. The predicted octanol–water partition coefficient (Wildman–Crippen LogP) is 1.93. The molecular formula is C14H19NO3. The highest BCUT2D eigenvalue weighted by molar-refractivity contribution is 5.32. The highest BCUT2D eigenvalue weighted by atomic mass is 16.5. The number of hydrogen-bond acceptors (Lipinski definition) is 4. The van der Waals surface area contributed by atoms with E-state index in [0.717, 1.165) is 24.0 Å². The molecule has 1 aromatic heterocycles. The molecule has 2 aliphatic rings. The first-order chi connectivity index (χ1) is 8.60. The van der Waals surface area contributed by atoms with Crippen LogP contribution in [0.2, 0.25) is 0 Å². The molecule has 0 aromatic carbocycles. The minimum absolute atomic E-state index is 0.205. The molecule has 2 unspecified atom stereocenters. The Hall–Kier alpha value is -1.13. The van der Waals surface area contributed by atoms with Gasteiger partial charge in [0.2, 0.25) is 5.88 Å². The molecule has 1 aromatic rings. The molecule has 4 heteroatoms. The lowest BCUT2D eigenvalue weighted by molar-refractivity contribution is -0.115. The van der Waals surface area contributed by atoms with E-state index in [2.05, 4.69) is 4.98 Å². The molecule has 0 saturated carbocycles. The van der Waals surface area contributed by atoms with Crippen LogP contribution in [-0.4, -0.2) is 29.4 Å². The summed E-state index contributed by atoms with van der Waals surface area (Å²) < 4.78 is 10.9. The number of aliphatic hydroxyl groups is 1. The van der Waals surface area contributed by atoms with Crippen molar-refractivity contribution in [3.05, 3.63) is 23.4 Å². The van der Waals surface area contributed by atoms with E-state index in [1.807, 2.05) is 13.0 Å². The van der Waals surface area contributed by atoms with Crippen molar-refractivity contribution in [3.63, 3.8) is 0 Å². The Balaban J connectivity index is 1.91. The van der Waals surface area contributed by atoms with Crippen LogP contribution in [0.5, 0.6) is 5.88 Å². The quantitative estimate of drug-likeness (QED) is 0.870. The van der Waals surface area contributed by atoms with Crippen molar-refractivity contribution in [2.75, 3.05) is 7.11 Å². The Labute approximate surface area is 107 Å². The number of aryl methyl sites for hydroxylation is 1. The molecule has 2 aliphatic heterocycles. The maximum atomic E-state index is 10.9. The lowest BCUT2D eigenvalue weighted by Crippen LogP contribution is -2.38. The Morgan fingerprint density at radius 3 is 2.61 bits per heavy atom. The van der Waals surface area contributed by atoms with Crippen LogP contribution < -0.4 is 4.74 Å². The summed E-state index contributed by atoms with van der Waals surface area (Å²) in [5.41, 5.74) is 1.07. The second-order valence-corrected chi connectivity index (χ2v) is 5.45. The Morgan fingerprint density at radius 2 is 2.06 bits per heavy atom. The summed E-state index contributed by atoms with van der Waals surface area (Å²) in [4.78, 5) is 4.26. The number of hydrogen-bond donors (Lipinski definition) is 1. The highest BCUT2D eigenvalue weighted by Gasteiger charge is 2.44. The molecule has 0 amide bonds. The zero-order valence-corrected chi connectivity index (χ0v) is 10.8. The summed E-state index contributed by atoms with van der Waals surface area (Å²) in [7, 11) is 1.61. The molecule has 0 aliphatic carbocycles. The number of aromatic nitrogens is 1. The summed E-state index contributed by atoms with van der Waals surface area (Å²) in [5, 5.41) is 10.9. The van der Waals surface area contributed by atoms with Gasteiger partial charge in [0.1, 0.15) is 0 Å². The van der Waals surface area contributed by atoms with Crippen LogP contribution in [0, 0.1) is 6.92 Å². The molecule has 0 spiro atoms. The SMILES string of the molecule is COc1ncc(C2(O)CC3CCC(C2)O3)cc1C. The first-order valence-corrected chi connectivity index (χ1v) is 6.50. The maximum absolute atomic E-state index is 10.9. The summed E-state index contributed by atoms with van der Waals surface area (Å²) in [6.07, 6.45) is 5.63. The Bertz CT molecular complexity index is 448. The van der Waals surface area contributed by atoms with E-state index in [1.54, 1.807) is 13.3 Å². The van der Waals surface area contributed by atoms with Crippen molar-refractivity contribution in [2.45, 2.75) is 50.4 Å². The average molecular weight is 249 g/mol. The van der Waals surface area contributed by atoms with Gasteiger partial charge in [-0.2, -0.15) is 0 Å². The molecule has 3 rings (SSSR count). The van der Waals surface area contributed by atoms with Crippen LogP contribution in [-0.2, 0) is 10.3 Å². The largest absolute Gasteiger partial charge is 0.481 e. The summed E-state index contributed by atoms with van der Waals surface area (Å²) >= 11 is 0. The molecule has 2 saturated heterocycles. The van der Waals surface area contributed by atoms with Crippen LogP contribution in [0.4, 0.5) is 0 Å². The smallest absolute Gasteiger partial charge is 0.215 e. The van der Waals surface area contributed by atoms with Gasteiger partial charge in [0, 0.05) is 30.2 Å². The fourth-order valence-corrected chi connectivity index (χ4v) is 3.18. The van der Waals surface area contributed by atoms with Gasteiger partial charge in [-0.1, -0.05) is 0 Å². The van der Waals surface area contributed by atoms with Crippen LogP contribution in [0.1, 0.15) is 36.8 Å². The second kappa shape index (κ2) is 4.21. The molecule has 2 fully saturated rings. The van der Waals surface area contributed by atoms with Crippen LogP contribution in [0.25, 0.3) is 0 Å². The van der Waals surface area contributed by atoms with Gasteiger partial charge in [0.25, 0.3) is 0 Å². The van der Waals surface area contributed by atoms with Crippen molar-refractivity contribution in [2.24, 2.45) is 0 Å². The van der Waals surface area contributed by atoms with Gasteiger partial charge in [-0.05, 0) is 25.8 Å². The standard InChI is InChI=1S/C14H19NO3/c1-9-5-10(8-15-13(9)17-2)14(16)6-11-3-4-12(7-14)18-11/h5,8,11-12,16H,3-4,6-7H2,1-2H3. The van der Waals surface area contributed by atoms with Crippen LogP contribution >= 0.6 is 0 Å². The topological polar surface area (TPSA) is 51.6 Å². The lowest BCUT2D eigenvalue weighted by atomic mass is 9.84. The number of pyridine rings is 1. The zero-order chi connectivity index (χ0) is 12.8. The lowest BCUT2D eigenvalue weighted by Gasteiger charge is -2.36. The first-order valence-electron chi connectivity index (χ1n) is 6.50. The van der Waals surface area contributed by atoms with Crippen molar-refractivity contribution < 1.29 is 14.6 Å². The van der Waals surface area contributed by atoms with Gasteiger partial charge in [-0.15, -0.1) is 0 Å². The minimum atomic E-state index is -0.784. The number of nitrogens with zero attached hydrogens (tertiary/aromatic N) is 1. The molecule has 0 radical (unpaired) electrons. The maximum Gasteiger partial charge on any atom is 0.215 e. The monoisotopic (exact) mass is 249 g/mol. The van der Waals surface area contributed by atoms with Crippen molar-refractivity contribution in [3.8, 4) is 5.88 Å². The molecular weight excluding hydrogens is 230 g/mol. The first kappa shape index (κ1) is 11.9. The van der Waals surface area contributed by atoms with E-state index >= 15 is 0 Å². The third-order valence-electron chi connectivity index (χ3n) is 4.09. The second-order valence-electron chi connectivity index (χ2n) is 5.45. The van der Waals surface area contributed by atoms with E-state index < -0.39 is 5.60 Å². The van der Waals surface area contributed by atoms with E-state index in [9.17, 15) is 5.11 Å². The molecule has 18 heavy (non-hydrogen) atoms. The minimum Gasteiger partial charge on any atom is -0.481 e. The fraction of sp³-hybridized carbons (Fsp3) is 0.643. The Kier molecular flexibility index (Phi) is 2.79. The number of ether oxygens (including phenoxy) is 2. The molecule has 4 nitrogen and oxygen atoms in total. The van der Waals surface area contributed by atoms with Gasteiger partial charge < -0.3 is 14.6 Å². The average Bonchev–Trinajstić information content (AvgIpc) is 2.69. The third-order valence-corrected chi connectivity index (χ3v) is 4.09. The van der Waals surface area contributed by atoms with E-state index in [0.29, 0.717) is 18.7 Å². The molecule has 2 bridgehead atoms. The fourth-order valence-electron chi connectivity index (χ4n) is 3.18. The van der Waals surface area contributed by atoms with Crippen molar-refractivity contribution in [1.82, 2.24) is 4.98 Å². The zero-order valence-electron chi connectivity index (χ0n) is 10.8. The number of fused-ring (bicyclic) bond motifs is 2. The van der Waals surface area contributed by atoms with E-state index in [4.69, 9.17) is 9.47 Å². The summed E-state index contributed by atoms with van der Waals surface area (Å²) in [6, 6.07) is 1.98. The predicted molar refractivity (Wildman–Crippen MR) is 66.6 cm³/mol.